The minimum Gasteiger partial charge on any atom is -0.371 e. The summed E-state index contributed by atoms with van der Waals surface area (Å²) in [7, 11) is -17.2. The van der Waals surface area contributed by atoms with E-state index in [1.807, 2.05) is 55.2 Å². The van der Waals surface area contributed by atoms with Crippen LogP contribution in [0.1, 0.15) is 103 Å². The van der Waals surface area contributed by atoms with Crippen molar-refractivity contribution in [3.8, 4) is 0 Å². The maximum atomic E-state index is 12.0. The van der Waals surface area contributed by atoms with Crippen LogP contribution < -0.4 is 9.80 Å². The summed E-state index contributed by atoms with van der Waals surface area (Å²) in [5.41, 5.74) is 6.68. The number of carbonyl (C=O) groups is 1. The highest BCUT2D eigenvalue weighted by molar-refractivity contribution is 7.86. The topological polar surface area (TPSA) is 244 Å². The van der Waals surface area contributed by atoms with Crippen molar-refractivity contribution >= 4 is 91.9 Å². The Morgan fingerprint density at radius 3 is 2.01 bits per heavy atom. The molecule has 0 amide bonds. The Hall–Kier alpha value is -4.25. The number of benzene rings is 3. The second-order valence-electron chi connectivity index (χ2n) is 19.1. The first-order chi connectivity index (χ1) is 32.6. The van der Waals surface area contributed by atoms with E-state index < -0.39 is 68.6 Å². The van der Waals surface area contributed by atoms with Crippen LogP contribution >= 0.6 is 11.6 Å². The van der Waals surface area contributed by atoms with Crippen molar-refractivity contribution in [3.05, 3.63) is 106 Å². The second-order valence-corrected chi connectivity index (χ2v) is 25.7. The fourth-order valence-electron chi connectivity index (χ4n) is 9.97. The number of nitrogens with zero attached hydrogens (tertiary/aromatic N) is 3. The van der Waals surface area contributed by atoms with Gasteiger partial charge in [0.1, 0.15) is 12.8 Å². The molecular formula is C49H63ClN3O13S4+. The van der Waals surface area contributed by atoms with Crippen molar-refractivity contribution in [2.24, 2.45) is 0 Å². The molecule has 0 aromatic heterocycles. The Labute approximate surface area is 417 Å². The van der Waals surface area contributed by atoms with E-state index in [1.165, 1.54) is 12.1 Å². The van der Waals surface area contributed by atoms with Gasteiger partial charge in [-0.1, -0.05) is 43.7 Å². The van der Waals surface area contributed by atoms with Crippen LogP contribution in [0.3, 0.4) is 0 Å². The number of anilines is 2. The summed E-state index contributed by atoms with van der Waals surface area (Å²) in [4.78, 5) is 14.7. The van der Waals surface area contributed by atoms with Crippen molar-refractivity contribution in [3.63, 3.8) is 0 Å². The monoisotopic (exact) mass is 1060 g/mol. The molecule has 70 heavy (non-hydrogen) atoms. The molecule has 6 rings (SSSR count). The average Bonchev–Trinajstić information content (AvgIpc) is 3.60. The molecule has 0 fully saturated rings. The summed E-state index contributed by atoms with van der Waals surface area (Å²) in [5, 5.41) is 2.13. The van der Waals surface area contributed by atoms with Crippen LogP contribution in [0.5, 0.6) is 0 Å². The molecule has 16 nitrogen and oxygen atoms in total. The smallest absolute Gasteiger partial charge is 0.294 e. The molecule has 21 heteroatoms. The van der Waals surface area contributed by atoms with E-state index in [4.69, 9.17) is 11.6 Å². The third kappa shape index (κ3) is 13.4. The van der Waals surface area contributed by atoms with Crippen molar-refractivity contribution in [1.82, 2.24) is 0 Å². The number of aldehydes is 1. The summed E-state index contributed by atoms with van der Waals surface area (Å²) < 4.78 is 134. The number of halogens is 1. The van der Waals surface area contributed by atoms with Gasteiger partial charge in [-0.2, -0.15) is 38.2 Å². The molecule has 0 atom stereocenters. The second kappa shape index (κ2) is 21.8. The van der Waals surface area contributed by atoms with Gasteiger partial charge in [0.25, 0.3) is 40.5 Å². The van der Waals surface area contributed by atoms with E-state index in [1.54, 1.807) is 17.0 Å². The van der Waals surface area contributed by atoms with E-state index in [0.29, 0.717) is 41.9 Å². The molecule has 0 unspecified atom stereocenters. The number of allylic oxidation sites excluding steroid dienone is 8. The number of fused-ring (bicyclic) bond motifs is 4. The van der Waals surface area contributed by atoms with Crippen molar-refractivity contribution in [2.75, 3.05) is 53.2 Å². The molecule has 2 aliphatic heterocycles. The van der Waals surface area contributed by atoms with Crippen LogP contribution in [-0.4, -0.2) is 112 Å². The summed E-state index contributed by atoms with van der Waals surface area (Å²) in [6.45, 7) is 9.49. The van der Waals surface area contributed by atoms with E-state index in [2.05, 4.69) is 30.6 Å². The van der Waals surface area contributed by atoms with Gasteiger partial charge in [-0.15, -0.1) is 0 Å². The van der Waals surface area contributed by atoms with Crippen LogP contribution in [0.4, 0.5) is 17.1 Å². The van der Waals surface area contributed by atoms with Gasteiger partial charge in [-0.25, -0.2) is 0 Å². The van der Waals surface area contributed by atoms with Crippen molar-refractivity contribution < 1.29 is 61.3 Å². The van der Waals surface area contributed by atoms with Gasteiger partial charge >= 0.3 is 0 Å². The molecule has 3 aliphatic rings. The van der Waals surface area contributed by atoms with Crippen LogP contribution in [0, 0.1) is 0 Å². The zero-order valence-corrected chi connectivity index (χ0v) is 43.9. The van der Waals surface area contributed by atoms with Gasteiger partial charge in [-0.05, 0) is 135 Å². The van der Waals surface area contributed by atoms with Crippen molar-refractivity contribution in [1.29, 1.82) is 0 Å². The molecule has 2 heterocycles. The third-order valence-electron chi connectivity index (χ3n) is 13.3. The Bertz CT molecular complexity index is 3100. The zero-order chi connectivity index (χ0) is 51.5. The molecule has 3 aromatic rings. The molecule has 0 radical (unpaired) electrons. The Balaban J connectivity index is 1.36. The Morgan fingerprint density at radius 2 is 1.39 bits per heavy atom. The van der Waals surface area contributed by atoms with Crippen LogP contribution in [-0.2, 0) is 56.1 Å². The quantitative estimate of drug-likeness (QED) is 0.0300. The van der Waals surface area contributed by atoms with Gasteiger partial charge < -0.3 is 14.6 Å². The minimum absolute atomic E-state index is 0.0451. The fraction of sp³-hybridized carbons (Fsp3) is 0.469. The van der Waals surface area contributed by atoms with Gasteiger partial charge in [-0.3, -0.25) is 18.2 Å². The van der Waals surface area contributed by atoms with Crippen LogP contribution in [0.15, 0.2) is 99.6 Å². The summed E-state index contributed by atoms with van der Waals surface area (Å²) in [6, 6.07) is 14.0. The van der Waals surface area contributed by atoms with Gasteiger partial charge in [0.2, 0.25) is 5.69 Å². The number of hydrogen-bond acceptors (Lipinski definition) is 11. The molecule has 3 aromatic carbocycles. The zero-order valence-electron chi connectivity index (χ0n) is 39.8. The Kier molecular flexibility index (Phi) is 17.2. The first kappa shape index (κ1) is 55.1. The fourth-order valence-corrected chi connectivity index (χ4v) is 12.3. The lowest BCUT2D eigenvalue weighted by molar-refractivity contribution is -0.438. The van der Waals surface area contributed by atoms with Crippen LogP contribution in [0.25, 0.3) is 10.8 Å². The third-order valence-corrected chi connectivity index (χ3v) is 17.1. The highest BCUT2D eigenvalue weighted by atomic mass is 35.5. The predicted octanol–water partition coefficient (Wildman–Crippen LogP) is 8.70. The van der Waals surface area contributed by atoms with Crippen LogP contribution in [0.2, 0.25) is 0 Å². The van der Waals surface area contributed by atoms with E-state index in [0.717, 1.165) is 82.4 Å². The molecule has 1 aliphatic carbocycles. The molecule has 0 saturated heterocycles. The standard InChI is InChI=1S/C49H62ClN3O13S4/c1-48(2)41-34-38(51(25-10-30-67(55,56)57)26-11-31-68(58,59)60)18-22-42(41)52(28-12-32-69(61,62)63)44(48)23-16-35-13-9-14-36(47(35)50)17-24-45-49(3,4)46-40-20-19-39(70(64,65)66)33-37(40)15-21-43(46)53(45)27-7-5-6-8-29-54/h15-24,29,33-34H,5-14,25-28,30-32H2,1-4H3,(H3-,55,56,57,58,59,60,61,62,63,64,65,66)/p+1. The van der Waals surface area contributed by atoms with Gasteiger partial charge in [0, 0.05) is 77.7 Å². The summed E-state index contributed by atoms with van der Waals surface area (Å²) >= 11 is 7.29. The van der Waals surface area contributed by atoms with Gasteiger partial charge in [0.05, 0.1) is 27.6 Å². The molecule has 0 bridgehead atoms. The average molecular weight is 1070 g/mol. The number of unbranched alkanes of at least 4 members (excludes halogenated alkanes) is 3. The molecule has 0 saturated carbocycles. The normalized spacial score (nSPS) is 18.4. The number of carbonyl (C=O) groups excluding carboxylic acids is 1. The predicted molar refractivity (Wildman–Crippen MR) is 275 cm³/mol. The molecule has 0 spiro atoms. The van der Waals surface area contributed by atoms with E-state index >= 15 is 0 Å². The lowest BCUT2D eigenvalue weighted by atomic mass is 9.78. The van der Waals surface area contributed by atoms with E-state index in [-0.39, 0.29) is 43.8 Å². The maximum absolute atomic E-state index is 12.0. The molecule has 382 valence electrons. The lowest BCUT2D eigenvalue weighted by Gasteiger charge is -2.27. The number of hydrogen-bond donors (Lipinski definition) is 4. The first-order valence-electron chi connectivity index (χ1n) is 23.3. The lowest BCUT2D eigenvalue weighted by Crippen LogP contribution is -2.29. The van der Waals surface area contributed by atoms with Crippen molar-refractivity contribution in [2.45, 2.75) is 108 Å². The molecule has 4 N–H and O–H groups in total. The van der Waals surface area contributed by atoms with E-state index in [9.17, 15) is 56.7 Å². The van der Waals surface area contributed by atoms with Gasteiger partial charge in [0.15, 0.2) is 5.71 Å². The number of rotatable bonds is 23. The largest absolute Gasteiger partial charge is 0.371 e. The molecular weight excluding hydrogens is 1000 g/mol. The Morgan fingerprint density at radius 1 is 0.729 bits per heavy atom. The first-order valence-corrected chi connectivity index (χ1v) is 29.9. The highest BCUT2D eigenvalue weighted by Crippen LogP contribution is 2.50. The minimum atomic E-state index is -4.42. The SMILES string of the molecule is CC1(C)C(/C=C/C2=C(Cl)C(=C/C=C3/N(CCCS(=O)(=O)O)c4ccc(N(CCCS(=O)(=O)O)CCCS(=O)(=O)O)cc4C3(C)C)/CCC2)=[N+](CCCCCC=O)c2ccc3cc(S(=O)(=O)O)ccc3c21. The highest BCUT2D eigenvalue weighted by Gasteiger charge is 2.46. The summed E-state index contributed by atoms with van der Waals surface area (Å²) in [5.74, 6) is -1.48. The maximum Gasteiger partial charge on any atom is 0.294 e. The summed E-state index contributed by atoms with van der Waals surface area (Å²) in [6.07, 6.45) is 14.4.